The molecule has 0 fully saturated rings. The lowest BCUT2D eigenvalue weighted by molar-refractivity contribution is 0.403. The lowest BCUT2D eigenvalue weighted by atomic mass is 10.1. The van der Waals surface area contributed by atoms with E-state index in [0.29, 0.717) is 12.0 Å². The molecule has 0 aliphatic rings. The molecular formula is C13H21NO2. The molecule has 0 saturated heterocycles. The van der Waals surface area contributed by atoms with Crippen molar-refractivity contribution in [2.24, 2.45) is 5.92 Å². The van der Waals surface area contributed by atoms with Crippen molar-refractivity contribution in [2.45, 2.75) is 26.8 Å². The third kappa shape index (κ3) is 3.05. The molecule has 0 aromatic heterocycles. The number of nitrogens with one attached hydrogen (secondary N) is 1. The topological polar surface area (TPSA) is 30.5 Å². The first-order chi connectivity index (χ1) is 7.58. The molecule has 1 aromatic carbocycles. The Balaban J connectivity index is 2.91. The first-order valence-electron chi connectivity index (χ1n) is 5.57. The number of ether oxygens (including phenoxy) is 2. The quantitative estimate of drug-likeness (QED) is 0.831. The van der Waals surface area contributed by atoms with Crippen LogP contribution in [-0.4, -0.2) is 20.3 Å². The van der Waals surface area contributed by atoms with Crippen molar-refractivity contribution in [3.63, 3.8) is 0 Å². The maximum atomic E-state index is 5.31. The number of hydrogen-bond donors (Lipinski definition) is 1. The fourth-order valence-electron chi connectivity index (χ4n) is 1.34. The van der Waals surface area contributed by atoms with E-state index < -0.39 is 0 Å². The molecule has 0 heterocycles. The molecule has 1 N–H and O–H groups in total. The summed E-state index contributed by atoms with van der Waals surface area (Å²) in [5.41, 5.74) is 0.975. The van der Waals surface area contributed by atoms with E-state index in [9.17, 15) is 0 Å². The molecule has 3 nitrogen and oxygen atoms in total. The van der Waals surface area contributed by atoms with E-state index in [-0.39, 0.29) is 0 Å². The normalized spacial score (nSPS) is 12.4. The minimum atomic E-state index is 0.390. The molecule has 0 aliphatic heterocycles. The fourth-order valence-corrected chi connectivity index (χ4v) is 1.34. The highest BCUT2D eigenvalue weighted by Gasteiger charge is 2.10. The molecule has 1 unspecified atom stereocenters. The molecule has 1 atom stereocenters. The zero-order valence-electron chi connectivity index (χ0n) is 10.7. The summed E-state index contributed by atoms with van der Waals surface area (Å²) in [4.78, 5) is 0. The highest BCUT2D eigenvalue weighted by molar-refractivity contribution is 5.60. The van der Waals surface area contributed by atoms with Gasteiger partial charge in [-0.25, -0.2) is 0 Å². The Morgan fingerprint density at radius 2 is 1.75 bits per heavy atom. The Labute approximate surface area is 97.8 Å². The van der Waals surface area contributed by atoms with Gasteiger partial charge in [0.15, 0.2) is 0 Å². The predicted octanol–water partition coefficient (Wildman–Crippen LogP) is 3.16. The zero-order chi connectivity index (χ0) is 12.1. The van der Waals surface area contributed by atoms with Gasteiger partial charge in [0.1, 0.15) is 11.5 Å². The van der Waals surface area contributed by atoms with Crippen molar-refractivity contribution >= 4 is 5.69 Å². The standard InChI is InChI=1S/C13H21NO2/c1-9(2)10(3)14-12-8-11(15-4)6-7-13(12)16-5/h6-10,14H,1-5H3. The molecule has 0 radical (unpaired) electrons. The summed E-state index contributed by atoms with van der Waals surface area (Å²) in [5.74, 6) is 2.24. The van der Waals surface area contributed by atoms with Crippen molar-refractivity contribution in [1.82, 2.24) is 0 Å². The van der Waals surface area contributed by atoms with E-state index in [1.165, 1.54) is 0 Å². The maximum absolute atomic E-state index is 5.31. The largest absolute Gasteiger partial charge is 0.497 e. The average molecular weight is 223 g/mol. The van der Waals surface area contributed by atoms with Gasteiger partial charge in [0.25, 0.3) is 0 Å². The Bertz CT molecular complexity index is 337. The van der Waals surface area contributed by atoms with Crippen LogP contribution in [0.1, 0.15) is 20.8 Å². The summed E-state index contributed by atoms with van der Waals surface area (Å²) >= 11 is 0. The smallest absolute Gasteiger partial charge is 0.142 e. The molecule has 90 valence electrons. The van der Waals surface area contributed by atoms with Crippen LogP contribution in [0, 0.1) is 5.92 Å². The Morgan fingerprint density at radius 3 is 2.25 bits per heavy atom. The van der Waals surface area contributed by atoms with Gasteiger partial charge in [-0.05, 0) is 25.0 Å². The van der Waals surface area contributed by atoms with E-state index in [2.05, 4.69) is 26.1 Å². The second-order valence-corrected chi connectivity index (χ2v) is 4.24. The lowest BCUT2D eigenvalue weighted by Gasteiger charge is -2.21. The zero-order valence-corrected chi connectivity index (χ0v) is 10.7. The summed E-state index contributed by atoms with van der Waals surface area (Å²) in [7, 11) is 3.34. The van der Waals surface area contributed by atoms with Gasteiger partial charge in [0, 0.05) is 12.1 Å². The van der Waals surface area contributed by atoms with E-state index in [0.717, 1.165) is 17.2 Å². The van der Waals surface area contributed by atoms with Crippen LogP contribution < -0.4 is 14.8 Å². The van der Waals surface area contributed by atoms with Gasteiger partial charge >= 0.3 is 0 Å². The van der Waals surface area contributed by atoms with Gasteiger partial charge in [-0.1, -0.05) is 13.8 Å². The van der Waals surface area contributed by atoms with Crippen LogP contribution in [0.2, 0.25) is 0 Å². The van der Waals surface area contributed by atoms with E-state index >= 15 is 0 Å². The van der Waals surface area contributed by atoms with Crippen LogP contribution >= 0.6 is 0 Å². The first kappa shape index (κ1) is 12.7. The molecule has 1 aromatic rings. The van der Waals surface area contributed by atoms with Crippen LogP contribution in [0.15, 0.2) is 18.2 Å². The monoisotopic (exact) mass is 223 g/mol. The van der Waals surface area contributed by atoms with Gasteiger partial charge in [-0.2, -0.15) is 0 Å². The summed E-state index contributed by atoms with van der Waals surface area (Å²) < 4.78 is 10.5. The highest BCUT2D eigenvalue weighted by atomic mass is 16.5. The van der Waals surface area contributed by atoms with E-state index in [4.69, 9.17) is 9.47 Å². The molecule has 0 bridgehead atoms. The molecule has 0 saturated carbocycles. The van der Waals surface area contributed by atoms with Gasteiger partial charge in [-0.15, -0.1) is 0 Å². The van der Waals surface area contributed by atoms with Crippen molar-refractivity contribution in [1.29, 1.82) is 0 Å². The van der Waals surface area contributed by atoms with Crippen molar-refractivity contribution in [2.75, 3.05) is 19.5 Å². The molecule has 16 heavy (non-hydrogen) atoms. The lowest BCUT2D eigenvalue weighted by Crippen LogP contribution is -2.21. The number of methoxy groups -OCH3 is 2. The highest BCUT2D eigenvalue weighted by Crippen LogP contribution is 2.30. The molecule has 0 spiro atoms. The molecular weight excluding hydrogens is 202 g/mol. The van der Waals surface area contributed by atoms with Crippen LogP contribution in [0.4, 0.5) is 5.69 Å². The third-order valence-electron chi connectivity index (χ3n) is 2.79. The SMILES string of the molecule is COc1ccc(OC)c(NC(C)C(C)C)c1. The second kappa shape index (κ2) is 5.64. The maximum Gasteiger partial charge on any atom is 0.142 e. The van der Waals surface area contributed by atoms with Crippen LogP contribution in [0.5, 0.6) is 11.5 Å². The Hall–Kier alpha value is -1.38. The molecule has 1 rings (SSSR count). The van der Waals surface area contributed by atoms with E-state index in [1.54, 1.807) is 14.2 Å². The molecule has 0 aliphatic carbocycles. The summed E-state index contributed by atoms with van der Waals surface area (Å²) in [6.45, 7) is 6.53. The van der Waals surface area contributed by atoms with Gasteiger partial charge < -0.3 is 14.8 Å². The van der Waals surface area contributed by atoms with Crippen LogP contribution in [-0.2, 0) is 0 Å². The summed E-state index contributed by atoms with van der Waals surface area (Å²) in [6, 6.07) is 6.15. The number of hydrogen-bond acceptors (Lipinski definition) is 3. The van der Waals surface area contributed by atoms with Gasteiger partial charge in [0.05, 0.1) is 19.9 Å². The van der Waals surface area contributed by atoms with Crippen molar-refractivity contribution in [3.8, 4) is 11.5 Å². The van der Waals surface area contributed by atoms with Crippen LogP contribution in [0.3, 0.4) is 0 Å². The molecule has 3 heteroatoms. The van der Waals surface area contributed by atoms with Crippen molar-refractivity contribution < 1.29 is 9.47 Å². The second-order valence-electron chi connectivity index (χ2n) is 4.24. The summed E-state index contributed by atoms with van der Waals surface area (Å²) in [6.07, 6.45) is 0. The summed E-state index contributed by atoms with van der Waals surface area (Å²) in [5, 5.41) is 3.43. The van der Waals surface area contributed by atoms with Crippen molar-refractivity contribution in [3.05, 3.63) is 18.2 Å². The Kier molecular flexibility index (Phi) is 4.47. The van der Waals surface area contributed by atoms with Crippen LogP contribution in [0.25, 0.3) is 0 Å². The third-order valence-corrected chi connectivity index (χ3v) is 2.79. The Morgan fingerprint density at radius 1 is 1.06 bits per heavy atom. The predicted molar refractivity (Wildman–Crippen MR) is 67.5 cm³/mol. The van der Waals surface area contributed by atoms with Gasteiger partial charge in [-0.3, -0.25) is 0 Å². The number of rotatable bonds is 5. The number of benzene rings is 1. The minimum absolute atomic E-state index is 0.390. The first-order valence-corrected chi connectivity index (χ1v) is 5.57. The molecule has 0 amide bonds. The fraction of sp³-hybridized carbons (Fsp3) is 0.538. The average Bonchev–Trinajstić information content (AvgIpc) is 2.28. The van der Waals surface area contributed by atoms with E-state index in [1.807, 2.05) is 18.2 Å². The number of anilines is 1. The van der Waals surface area contributed by atoms with Gasteiger partial charge in [0.2, 0.25) is 0 Å². The minimum Gasteiger partial charge on any atom is -0.497 e.